The number of thiazole rings is 1. The molecule has 1 fully saturated rings. The Hall–Kier alpha value is -2.28. The molecule has 1 aromatic heterocycles. The first-order chi connectivity index (χ1) is 12.8. The van der Waals surface area contributed by atoms with Gasteiger partial charge >= 0.3 is 0 Å². The van der Waals surface area contributed by atoms with Gasteiger partial charge in [-0.2, -0.15) is 5.10 Å². The van der Waals surface area contributed by atoms with E-state index in [0.717, 1.165) is 28.9 Å². The zero-order valence-corrected chi connectivity index (χ0v) is 17.1. The van der Waals surface area contributed by atoms with E-state index in [1.807, 2.05) is 23.0 Å². The van der Waals surface area contributed by atoms with Gasteiger partial charge in [-0.05, 0) is 37.5 Å². The third-order valence-corrected chi connectivity index (χ3v) is 5.59. The average Bonchev–Trinajstić information content (AvgIpc) is 2.96. The van der Waals surface area contributed by atoms with E-state index in [4.69, 9.17) is 5.10 Å². The predicted octanol–water partition coefficient (Wildman–Crippen LogP) is 5.10. The van der Waals surface area contributed by atoms with Crippen molar-refractivity contribution in [1.82, 2.24) is 4.68 Å². The molecular weight excluding hydrogens is 360 g/mol. The molecule has 0 amide bonds. The highest BCUT2D eigenvalue weighted by atomic mass is 32.1. The summed E-state index contributed by atoms with van der Waals surface area (Å²) in [5.41, 5.74) is 3.12. The van der Waals surface area contributed by atoms with Crippen molar-refractivity contribution in [1.29, 1.82) is 0 Å². The van der Waals surface area contributed by atoms with E-state index in [1.165, 1.54) is 29.5 Å². The van der Waals surface area contributed by atoms with Crippen molar-refractivity contribution in [2.45, 2.75) is 47.0 Å². The zero-order valence-electron chi connectivity index (χ0n) is 16.3. The van der Waals surface area contributed by atoms with Crippen LogP contribution >= 0.6 is 11.3 Å². The van der Waals surface area contributed by atoms with Crippen LogP contribution in [0, 0.1) is 21.4 Å². The van der Waals surface area contributed by atoms with Crippen LogP contribution in [-0.4, -0.2) is 21.9 Å². The molecule has 0 saturated heterocycles. The van der Waals surface area contributed by atoms with Crippen molar-refractivity contribution in [2.75, 3.05) is 6.54 Å². The number of nitro benzene ring substituents is 1. The van der Waals surface area contributed by atoms with Gasteiger partial charge in [0.1, 0.15) is 0 Å². The highest BCUT2D eigenvalue weighted by Crippen LogP contribution is 2.37. The number of hydrogen-bond donors (Lipinski definition) is 0. The van der Waals surface area contributed by atoms with Crippen LogP contribution < -0.4 is 4.80 Å². The molecule has 1 aliphatic rings. The molecule has 7 heteroatoms. The molecule has 1 atom stereocenters. The Morgan fingerprint density at radius 1 is 1.41 bits per heavy atom. The molecule has 0 unspecified atom stereocenters. The maximum Gasteiger partial charge on any atom is 0.270 e. The van der Waals surface area contributed by atoms with Crippen LogP contribution in [0.3, 0.4) is 0 Å². The summed E-state index contributed by atoms with van der Waals surface area (Å²) in [6.45, 7) is 9.51. The number of non-ortho nitro benzene ring substituents is 1. The Labute approximate surface area is 163 Å². The Morgan fingerprint density at radius 2 is 2.19 bits per heavy atom. The van der Waals surface area contributed by atoms with E-state index in [-0.39, 0.29) is 16.0 Å². The Balaban J connectivity index is 2.11. The molecule has 0 bridgehead atoms. The van der Waals surface area contributed by atoms with Gasteiger partial charge in [-0.25, -0.2) is 4.68 Å². The molecule has 1 heterocycles. The van der Waals surface area contributed by atoms with Crippen LogP contribution in [0.2, 0.25) is 0 Å². The van der Waals surface area contributed by atoms with Crippen LogP contribution in [0.4, 0.5) is 5.69 Å². The lowest BCUT2D eigenvalue weighted by atomic mass is 9.72. The minimum Gasteiger partial charge on any atom is -0.258 e. The molecule has 2 aromatic rings. The van der Waals surface area contributed by atoms with Crippen molar-refractivity contribution in [3.8, 4) is 11.3 Å². The third kappa shape index (κ3) is 4.53. The van der Waals surface area contributed by atoms with Gasteiger partial charge < -0.3 is 0 Å². The summed E-state index contributed by atoms with van der Waals surface area (Å²) in [6.07, 6.45) is 3.14. The third-order valence-electron chi connectivity index (χ3n) is 4.74. The van der Waals surface area contributed by atoms with E-state index in [2.05, 4.69) is 25.8 Å². The van der Waals surface area contributed by atoms with E-state index in [9.17, 15) is 10.1 Å². The normalized spacial score (nSPS) is 21.6. The number of aromatic nitrogens is 1. The fraction of sp³-hybridized carbons (Fsp3) is 0.500. The summed E-state index contributed by atoms with van der Waals surface area (Å²) in [6, 6.07) is 6.70. The first-order valence-electron chi connectivity index (χ1n) is 9.31. The number of benzene rings is 1. The average molecular weight is 387 g/mol. The second-order valence-corrected chi connectivity index (χ2v) is 8.85. The largest absolute Gasteiger partial charge is 0.270 e. The van der Waals surface area contributed by atoms with E-state index in [1.54, 1.807) is 12.1 Å². The van der Waals surface area contributed by atoms with E-state index in [0.29, 0.717) is 12.5 Å². The van der Waals surface area contributed by atoms with Crippen LogP contribution in [0.15, 0.2) is 39.7 Å². The Bertz CT molecular complexity index is 939. The molecule has 0 radical (unpaired) electrons. The van der Waals surface area contributed by atoms with Crippen molar-refractivity contribution < 1.29 is 4.92 Å². The van der Waals surface area contributed by atoms with Gasteiger partial charge in [-0.15, -0.1) is 11.3 Å². The minimum atomic E-state index is -0.366. The lowest BCUT2D eigenvalue weighted by molar-refractivity contribution is -0.384. The van der Waals surface area contributed by atoms with Crippen molar-refractivity contribution in [3.05, 3.63) is 44.6 Å². The minimum absolute atomic E-state index is 0.0827. The van der Waals surface area contributed by atoms with Gasteiger partial charge in [0.05, 0.1) is 10.6 Å². The maximum atomic E-state index is 11.2. The molecule has 1 aromatic carbocycles. The van der Waals surface area contributed by atoms with Gasteiger partial charge in [0.2, 0.25) is 4.80 Å². The van der Waals surface area contributed by atoms with E-state index < -0.39 is 0 Å². The summed E-state index contributed by atoms with van der Waals surface area (Å²) in [4.78, 5) is 16.2. The van der Waals surface area contributed by atoms with Crippen LogP contribution in [-0.2, 0) is 0 Å². The summed E-state index contributed by atoms with van der Waals surface area (Å²) in [7, 11) is 0. The molecule has 144 valence electrons. The number of nitrogens with zero attached hydrogens (tertiary/aromatic N) is 4. The van der Waals surface area contributed by atoms with E-state index >= 15 is 0 Å². The molecular formula is C20H26N4O2S. The van der Waals surface area contributed by atoms with Gasteiger partial charge in [-0.3, -0.25) is 15.1 Å². The highest BCUT2D eigenvalue weighted by Gasteiger charge is 2.30. The summed E-state index contributed by atoms with van der Waals surface area (Å²) in [5, 5.41) is 18.1. The van der Waals surface area contributed by atoms with Crippen LogP contribution in [0.5, 0.6) is 0 Å². The Kier molecular flexibility index (Phi) is 5.60. The highest BCUT2D eigenvalue weighted by molar-refractivity contribution is 7.07. The second kappa shape index (κ2) is 7.76. The first-order valence-corrected chi connectivity index (χ1v) is 10.2. The molecule has 0 spiro atoms. The molecule has 27 heavy (non-hydrogen) atoms. The smallest absolute Gasteiger partial charge is 0.258 e. The topological polar surface area (TPSA) is 72.8 Å². The lowest BCUT2D eigenvalue weighted by Crippen LogP contribution is -2.29. The first kappa shape index (κ1) is 19.5. The summed E-state index contributed by atoms with van der Waals surface area (Å²) >= 11 is 1.52. The second-order valence-electron chi connectivity index (χ2n) is 8.02. The standard InChI is InChI=1S/C20H26N4O2S/c1-5-21-19-23(22-16-9-14(2)11-20(3,4)12-16)18(13-27-19)15-7-6-8-17(10-15)24(25)26/h6-8,10,13-14H,5,9,11-12H2,1-4H3/b21-19?,22-16-/t14-/m1/s1. The van der Waals surface area contributed by atoms with Crippen molar-refractivity contribution in [2.24, 2.45) is 21.4 Å². The Morgan fingerprint density at radius 3 is 2.85 bits per heavy atom. The molecule has 6 nitrogen and oxygen atoms in total. The van der Waals surface area contributed by atoms with Gasteiger partial charge in [0.25, 0.3) is 5.69 Å². The van der Waals surface area contributed by atoms with Crippen molar-refractivity contribution in [3.63, 3.8) is 0 Å². The van der Waals surface area contributed by atoms with Gasteiger partial charge in [0, 0.05) is 35.3 Å². The van der Waals surface area contributed by atoms with Crippen LogP contribution in [0.1, 0.15) is 47.0 Å². The van der Waals surface area contributed by atoms with Crippen LogP contribution in [0.25, 0.3) is 11.3 Å². The zero-order chi connectivity index (χ0) is 19.6. The molecule has 1 aliphatic carbocycles. The fourth-order valence-corrected chi connectivity index (χ4v) is 4.84. The molecule has 0 aliphatic heterocycles. The monoisotopic (exact) mass is 386 g/mol. The van der Waals surface area contributed by atoms with Gasteiger partial charge in [0.15, 0.2) is 0 Å². The van der Waals surface area contributed by atoms with Gasteiger partial charge in [-0.1, -0.05) is 32.9 Å². The van der Waals surface area contributed by atoms with Crippen molar-refractivity contribution >= 4 is 22.7 Å². The fourth-order valence-electron chi connectivity index (χ4n) is 3.95. The molecule has 0 N–H and O–H groups in total. The number of nitro groups is 1. The SMILES string of the molecule is CCN=c1scc(-c2cccc([N+](=O)[O-])c2)n1/N=C1/C[C@@H](C)CC(C)(C)C1. The lowest BCUT2D eigenvalue weighted by Gasteiger charge is -2.34. The number of hydrogen-bond acceptors (Lipinski definition) is 5. The maximum absolute atomic E-state index is 11.2. The quantitative estimate of drug-likeness (QED) is 0.542. The number of rotatable bonds is 4. The summed E-state index contributed by atoms with van der Waals surface area (Å²) < 4.78 is 1.87. The molecule has 1 saturated carbocycles. The summed E-state index contributed by atoms with van der Waals surface area (Å²) in [5.74, 6) is 0.597. The predicted molar refractivity (Wildman–Crippen MR) is 110 cm³/mol. The molecule has 3 rings (SSSR count).